The number of nitrogens with one attached hydrogen (secondary N) is 2. The van der Waals surface area contributed by atoms with Crippen molar-refractivity contribution in [3.8, 4) is 34.0 Å². The molecular weight excluding hydrogens is 874 g/mol. The molecule has 0 fully saturated rings. The number of rotatable bonds is 11. The van der Waals surface area contributed by atoms with Crippen LogP contribution in [-0.2, 0) is 46.6 Å². The molecular formula is C56H56FN5O7. The maximum absolute atomic E-state index is 13.1. The Labute approximate surface area is 401 Å². The van der Waals surface area contributed by atoms with Crippen LogP contribution in [0.1, 0.15) is 63.3 Å². The molecule has 12 nitrogen and oxygen atoms in total. The van der Waals surface area contributed by atoms with Gasteiger partial charge in [-0.05, 0) is 112 Å². The maximum atomic E-state index is 13.1. The molecule has 8 aromatic rings. The van der Waals surface area contributed by atoms with E-state index in [2.05, 4.69) is 58.5 Å². The van der Waals surface area contributed by atoms with Crippen LogP contribution in [0, 0.1) is 0 Å². The number of aryl methyl sites for hydroxylation is 2. The predicted octanol–water partition coefficient (Wildman–Crippen LogP) is 10.3. The Kier molecular flexibility index (Phi) is 16.0. The normalized spacial score (nSPS) is 12.4. The number of amides is 1. The second kappa shape index (κ2) is 23.2. The molecule has 0 spiro atoms. The van der Waals surface area contributed by atoms with Crippen molar-refractivity contribution >= 4 is 39.6 Å². The molecule has 3 heterocycles. The lowest BCUT2D eigenvalue weighted by Gasteiger charge is -2.19. The van der Waals surface area contributed by atoms with Crippen LogP contribution in [0.4, 0.5) is 10.1 Å². The molecule has 354 valence electrons. The van der Waals surface area contributed by atoms with E-state index in [0.717, 1.165) is 56.6 Å². The van der Waals surface area contributed by atoms with Crippen LogP contribution in [-0.4, -0.2) is 58.7 Å². The number of ether oxygens (including phenoxy) is 3. The van der Waals surface area contributed by atoms with Crippen LogP contribution in [0.15, 0.2) is 143 Å². The van der Waals surface area contributed by atoms with Gasteiger partial charge in [0, 0.05) is 34.5 Å². The fraction of sp³-hybridized carbons (Fsp3) is 0.250. The highest BCUT2D eigenvalue weighted by atomic mass is 19.1. The van der Waals surface area contributed by atoms with Gasteiger partial charge in [0.1, 0.15) is 18.1 Å². The summed E-state index contributed by atoms with van der Waals surface area (Å²) in [6.45, 7) is 9.45. The first kappa shape index (κ1) is 47.6. The molecule has 0 saturated heterocycles. The number of H-pyrrole nitrogens is 2. The number of fused-ring (bicyclic) bond motifs is 4. The van der Waals surface area contributed by atoms with Crippen LogP contribution in [0.5, 0.6) is 11.5 Å². The molecule has 0 bridgehead atoms. The number of aromatic nitrogens is 4. The summed E-state index contributed by atoms with van der Waals surface area (Å²) in [5.74, 6) is 1.87. The SMILES string of the molecule is CC(C)Oc1ccc2c(c1)CCC2.CC(C)Oc1ccc2c(c1)N(C(=O)Cc1ccc(-c3n[nH]c(=O)c4ccccc34)cc1)CC2.O=COCc1ccc(-c2n[nH]c(=O)c3ccccc23)cc1.[2H]CF. The van der Waals surface area contributed by atoms with Crippen LogP contribution >= 0.6 is 0 Å². The quantitative estimate of drug-likeness (QED) is 0.121. The van der Waals surface area contributed by atoms with Gasteiger partial charge in [-0.15, -0.1) is 0 Å². The Bertz CT molecular complexity index is 3180. The van der Waals surface area contributed by atoms with E-state index in [9.17, 15) is 23.6 Å². The van der Waals surface area contributed by atoms with Gasteiger partial charge in [-0.1, -0.05) is 97.1 Å². The molecule has 1 aliphatic heterocycles. The van der Waals surface area contributed by atoms with E-state index in [4.69, 9.17) is 15.6 Å². The van der Waals surface area contributed by atoms with Gasteiger partial charge in [-0.3, -0.25) is 23.6 Å². The Morgan fingerprint density at radius 2 is 1.16 bits per heavy atom. The van der Waals surface area contributed by atoms with Crippen LogP contribution in [0.25, 0.3) is 44.1 Å². The molecule has 6 aromatic carbocycles. The Morgan fingerprint density at radius 3 is 1.70 bits per heavy atom. The van der Waals surface area contributed by atoms with Gasteiger partial charge in [0.25, 0.3) is 17.6 Å². The molecule has 0 unspecified atom stereocenters. The summed E-state index contributed by atoms with van der Waals surface area (Å²) in [5, 5.41) is 16.3. The topological polar surface area (TPSA) is 157 Å². The minimum Gasteiger partial charge on any atom is -0.491 e. The molecule has 1 amide bonds. The van der Waals surface area contributed by atoms with Crippen molar-refractivity contribution in [2.45, 2.75) is 78.6 Å². The third kappa shape index (κ3) is 12.2. The van der Waals surface area contributed by atoms with Crippen molar-refractivity contribution in [2.75, 3.05) is 18.6 Å². The van der Waals surface area contributed by atoms with Crippen LogP contribution in [0.2, 0.25) is 0 Å². The van der Waals surface area contributed by atoms with Gasteiger partial charge in [-0.25, -0.2) is 10.2 Å². The smallest absolute Gasteiger partial charge is 0.293 e. The highest BCUT2D eigenvalue weighted by Crippen LogP contribution is 2.33. The standard InChI is InChI=1S/C27H25N3O3.C16H12N2O3.C12H16O.CH3F/c1-17(2)33-21-12-11-19-13-14-30(24(19)16-21)25(31)15-18-7-9-20(10-8-18)26-22-5-3-4-6-23(22)27(32)29-28-26;19-10-21-9-11-5-7-12(8-6-11)15-13-3-1-2-4-14(13)16(20)18-17-15;1-9(2)13-12-7-6-10-4-3-5-11(10)8-12;1-2/h3-12,16-17H,13-15H2,1-2H3,(H,29,32);1-8,10H,9H2,(H,18,20);6-9H,3-5H2,1-2H3;1H3/i;;;1D. The summed E-state index contributed by atoms with van der Waals surface area (Å²) in [6.07, 6.45) is 5.31. The lowest BCUT2D eigenvalue weighted by Crippen LogP contribution is -2.30. The molecule has 10 rings (SSSR count). The first-order valence-corrected chi connectivity index (χ1v) is 22.9. The van der Waals surface area contributed by atoms with Gasteiger partial charge in [0.05, 0.1) is 55.0 Å². The number of halogens is 1. The average molecular weight is 931 g/mol. The largest absolute Gasteiger partial charge is 0.491 e. The first-order valence-electron chi connectivity index (χ1n) is 23.6. The zero-order chi connectivity index (χ0) is 49.6. The van der Waals surface area contributed by atoms with Crippen LogP contribution in [0.3, 0.4) is 0 Å². The summed E-state index contributed by atoms with van der Waals surface area (Å²) < 4.78 is 31.7. The lowest BCUT2D eigenvalue weighted by molar-refractivity contribution is -0.129. The zero-order valence-corrected chi connectivity index (χ0v) is 39.2. The van der Waals surface area contributed by atoms with Gasteiger partial charge in [0.2, 0.25) is 5.91 Å². The number of carbonyl (C=O) groups excluding carboxylic acids is 2. The maximum Gasteiger partial charge on any atom is 0.293 e. The van der Waals surface area contributed by atoms with Gasteiger partial charge >= 0.3 is 0 Å². The highest BCUT2D eigenvalue weighted by molar-refractivity contribution is 5.97. The summed E-state index contributed by atoms with van der Waals surface area (Å²) in [5.41, 5.74) is 9.73. The third-order valence-corrected chi connectivity index (χ3v) is 11.6. The third-order valence-electron chi connectivity index (χ3n) is 11.6. The Hall–Kier alpha value is -7.93. The monoisotopic (exact) mass is 930 g/mol. The zero-order valence-electron chi connectivity index (χ0n) is 40.2. The minimum atomic E-state index is -1.00. The Morgan fingerprint density at radius 1 is 0.667 bits per heavy atom. The van der Waals surface area contributed by atoms with E-state index in [1.165, 1.54) is 36.0 Å². The average Bonchev–Trinajstić information content (AvgIpc) is 4.02. The van der Waals surface area contributed by atoms with E-state index < -0.39 is 7.15 Å². The number of alkyl halides is 1. The number of hydrogen-bond donors (Lipinski definition) is 2. The molecule has 0 saturated carbocycles. The fourth-order valence-electron chi connectivity index (χ4n) is 8.47. The van der Waals surface area contributed by atoms with Gasteiger partial charge in [0.15, 0.2) is 0 Å². The van der Waals surface area contributed by atoms with Gasteiger partial charge < -0.3 is 19.1 Å². The minimum absolute atomic E-state index is 0.0656. The van der Waals surface area contributed by atoms with E-state index in [1.807, 2.05) is 116 Å². The van der Waals surface area contributed by atoms with Crippen molar-refractivity contribution in [3.05, 3.63) is 182 Å². The number of benzene rings is 6. The molecule has 1 aliphatic carbocycles. The summed E-state index contributed by atoms with van der Waals surface area (Å²) in [4.78, 5) is 49.0. The van der Waals surface area contributed by atoms with Crippen molar-refractivity contribution in [1.29, 1.82) is 0 Å². The summed E-state index contributed by atoms with van der Waals surface area (Å²) >= 11 is 0. The second-order valence-corrected chi connectivity index (χ2v) is 17.1. The molecule has 0 atom stereocenters. The van der Waals surface area contributed by atoms with Crippen molar-refractivity contribution in [2.24, 2.45) is 0 Å². The van der Waals surface area contributed by atoms with Crippen LogP contribution < -0.4 is 25.5 Å². The van der Waals surface area contributed by atoms with Gasteiger partial charge in [-0.2, -0.15) is 10.2 Å². The Balaban J connectivity index is 0.000000166. The summed E-state index contributed by atoms with van der Waals surface area (Å²) in [7, 11) is -1.00. The predicted molar refractivity (Wildman–Crippen MR) is 270 cm³/mol. The first-order chi connectivity index (χ1) is 34.0. The summed E-state index contributed by atoms with van der Waals surface area (Å²) in [6, 6.07) is 42.5. The highest BCUT2D eigenvalue weighted by Gasteiger charge is 2.25. The number of aromatic amines is 2. The van der Waals surface area contributed by atoms with E-state index in [1.54, 1.807) is 12.1 Å². The molecule has 2 aromatic heterocycles. The number of hydrogen-bond acceptors (Lipinski definition) is 9. The second-order valence-electron chi connectivity index (χ2n) is 17.1. The van der Waals surface area contributed by atoms with Crippen molar-refractivity contribution in [1.82, 2.24) is 20.4 Å². The molecule has 2 aliphatic rings. The molecule has 2 N–H and O–H groups in total. The van der Waals surface area contributed by atoms with Crippen molar-refractivity contribution < 1.29 is 29.6 Å². The van der Waals surface area contributed by atoms with E-state index in [0.29, 0.717) is 41.6 Å². The molecule has 13 heteroatoms. The lowest BCUT2D eigenvalue weighted by atomic mass is 10.0. The molecule has 0 radical (unpaired) electrons. The van der Waals surface area contributed by atoms with Crippen molar-refractivity contribution in [3.63, 3.8) is 0 Å². The number of anilines is 1. The fourth-order valence-corrected chi connectivity index (χ4v) is 8.47. The number of nitrogens with zero attached hydrogens (tertiary/aromatic N) is 3. The van der Waals surface area contributed by atoms with E-state index >= 15 is 0 Å². The number of carbonyl (C=O) groups is 2. The molecule has 69 heavy (non-hydrogen) atoms. The van der Waals surface area contributed by atoms with E-state index in [-0.39, 0.29) is 35.8 Å².